The topological polar surface area (TPSA) is 40.6 Å². The molecule has 0 unspecified atom stereocenters. The van der Waals surface area contributed by atoms with Crippen LogP contribution in [0.2, 0.25) is 0 Å². The van der Waals surface area contributed by atoms with Crippen molar-refractivity contribution in [3.05, 3.63) is 75.5 Å². The molecule has 4 nitrogen and oxygen atoms in total. The van der Waals surface area contributed by atoms with Crippen LogP contribution in [0, 0.1) is 0 Å². The fourth-order valence-electron chi connectivity index (χ4n) is 4.30. The van der Waals surface area contributed by atoms with Gasteiger partial charge in [-0.25, -0.2) is 8.42 Å². The van der Waals surface area contributed by atoms with Crippen LogP contribution in [0.15, 0.2) is 58.8 Å². The molecule has 1 fully saturated rings. The van der Waals surface area contributed by atoms with Crippen LogP contribution in [0.25, 0.3) is 16.2 Å². The summed E-state index contributed by atoms with van der Waals surface area (Å²) >= 11 is 1.78. The Morgan fingerprint density at radius 2 is 1.66 bits per heavy atom. The lowest BCUT2D eigenvalue weighted by Gasteiger charge is -2.34. The highest BCUT2D eigenvalue weighted by Crippen LogP contribution is 2.30. The van der Waals surface area contributed by atoms with Crippen molar-refractivity contribution >= 4 is 37.5 Å². The number of hydrogen-bond donors (Lipinski definition) is 0. The molecule has 0 N–H and O–H groups in total. The third-order valence-electron chi connectivity index (χ3n) is 5.97. The number of aryl methyl sites for hydroxylation is 1. The Kier molecular flexibility index (Phi) is 5.04. The van der Waals surface area contributed by atoms with E-state index in [9.17, 15) is 8.42 Å². The molecule has 0 bridgehead atoms. The summed E-state index contributed by atoms with van der Waals surface area (Å²) in [5.41, 5.74) is 3.62. The van der Waals surface area contributed by atoms with Crippen LogP contribution >= 0.6 is 11.3 Å². The Balaban J connectivity index is 1.27. The molecule has 1 saturated heterocycles. The van der Waals surface area contributed by atoms with E-state index < -0.39 is 10.0 Å². The number of benzene rings is 2. The maximum Gasteiger partial charge on any atom is 0.239 e. The van der Waals surface area contributed by atoms with E-state index >= 15 is 0 Å². The second kappa shape index (κ2) is 7.69. The van der Waals surface area contributed by atoms with Crippen molar-refractivity contribution in [2.75, 3.05) is 26.2 Å². The van der Waals surface area contributed by atoms with Crippen molar-refractivity contribution in [2.45, 2.75) is 19.4 Å². The minimum atomic E-state index is -3.38. The summed E-state index contributed by atoms with van der Waals surface area (Å²) in [5, 5.41) is 3.55. The van der Waals surface area contributed by atoms with E-state index in [1.54, 1.807) is 15.6 Å². The van der Waals surface area contributed by atoms with Gasteiger partial charge in [-0.15, -0.1) is 11.3 Å². The van der Waals surface area contributed by atoms with E-state index in [4.69, 9.17) is 0 Å². The van der Waals surface area contributed by atoms with Gasteiger partial charge in [-0.1, -0.05) is 42.5 Å². The Labute approximate surface area is 176 Å². The zero-order valence-corrected chi connectivity index (χ0v) is 17.9. The molecule has 2 aromatic carbocycles. The lowest BCUT2D eigenvalue weighted by Crippen LogP contribution is -2.48. The Hall–Kier alpha value is -1.99. The van der Waals surface area contributed by atoms with Gasteiger partial charge in [-0.05, 0) is 52.4 Å². The molecule has 2 heterocycles. The van der Waals surface area contributed by atoms with Gasteiger partial charge in [0, 0.05) is 37.4 Å². The first-order valence-corrected chi connectivity index (χ1v) is 12.4. The van der Waals surface area contributed by atoms with Gasteiger partial charge in [0.05, 0.1) is 4.91 Å². The number of piperazine rings is 1. The molecule has 1 aromatic heterocycles. The molecule has 1 aliphatic heterocycles. The smallest absolute Gasteiger partial charge is 0.239 e. The number of fused-ring (bicyclic) bond motifs is 2. The van der Waals surface area contributed by atoms with E-state index in [-0.39, 0.29) is 0 Å². The monoisotopic (exact) mass is 424 g/mol. The molecule has 2 aliphatic rings. The van der Waals surface area contributed by atoms with Crippen LogP contribution in [0.3, 0.4) is 0 Å². The fourth-order valence-corrected chi connectivity index (χ4v) is 6.87. The molecule has 0 spiro atoms. The highest BCUT2D eigenvalue weighted by molar-refractivity contribution is 7.93. The molecule has 1 aliphatic carbocycles. The van der Waals surface area contributed by atoms with E-state index in [0.29, 0.717) is 24.4 Å². The second-order valence-electron chi connectivity index (χ2n) is 7.75. The fraction of sp³-hybridized carbons (Fsp3) is 0.304. The number of allylic oxidation sites excluding steroid dienone is 1. The van der Waals surface area contributed by atoms with E-state index in [1.807, 2.05) is 24.3 Å². The zero-order valence-electron chi connectivity index (χ0n) is 16.3. The predicted octanol–water partition coefficient (Wildman–Crippen LogP) is 4.34. The first-order valence-electron chi connectivity index (χ1n) is 10.1. The minimum Gasteiger partial charge on any atom is -0.296 e. The third-order valence-corrected chi connectivity index (χ3v) is 9.01. The Morgan fingerprint density at radius 1 is 0.897 bits per heavy atom. The van der Waals surface area contributed by atoms with Gasteiger partial charge in [0.15, 0.2) is 0 Å². The first kappa shape index (κ1) is 19.0. The van der Waals surface area contributed by atoms with Crippen molar-refractivity contribution in [1.82, 2.24) is 9.21 Å². The van der Waals surface area contributed by atoms with E-state index in [0.717, 1.165) is 31.6 Å². The van der Waals surface area contributed by atoms with Gasteiger partial charge in [0.1, 0.15) is 0 Å². The quantitative estimate of drug-likeness (QED) is 0.626. The lowest BCUT2D eigenvalue weighted by atomic mass is 9.98. The van der Waals surface area contributed by atoms with Gasteiger partial charge >= 0.3 is 0 Å². The summed E-state index contributed by atoms with van der Waals surface area (Å²) in [4.78, 5) is 2.93. The number of hydrogen-bond acceptors (Lipinski definition) is 4. The van der Waals surface area contributed by atoms with Crippen molar-refractivity contribution in [3.8, 4) is 0 Å². The van der Waals surface area contributed by atoms with Gasteiger partial charge < -0.3 is 0 Å². The molecule has 0 amide bonds. The van der Waals surface area contributed by atoms with Crippen LogP contribution < -0.4 is 0 Å². The van der Waals surface area contributed by atoms with Crippen molar-refractivity contribution in [1.29, 1.82) is 0 Å². The number of sulfonamides is 1. The van der Waals surface area contributed by atoms with E-state index in [1.165, 1.54) is 21.2 Å². The highest BCUT2D eigenvalue weighted by Gasteiger charge is 2.31. The first-order chi connectivity index (χ1) is 14.1. The molecular weight excluding hydrogens is 400 g/mol. The molecule has 6 heteroatoms. The lowest BCUT2D eigenvalue weighted by molar-refractivity contribution is 0.183. The average molecular weight is 425 g/mol. The molecule has 0 atom stereocenters. The molecule has 29 heavy (non-hydrogen) atoms. The predicted molar refractivity (Wildman–Crippen MR) is 120 cm³/mol. The zero-order chi connectivity index (χ0) is 19.8. The largest absolute Gasteiger partial charge is 0.296 e. The van der Waals surface area contributed by atoms with Crippen molar-refractivity contribution < 1.29 is 8.42 Å². The summed E-state index contributed by atoms with van der Waals surface area (Å²) < 4.78 is 29.4. The van der Waals surface area contributed by atoms with Crippen LogP contribution in [0.5, 0.6) is 0 Å². The average Bonchev–Trinajstić information content (AvgIpc) is 3.17. The van der Waals surface area contributed by atoms with Gasteiger partial charge in [-0.3, -0.25) is 4.90 Å². The van der Waals surface area contributed by atoms with Crippen LogP contribution in [0.1, 0.15) is 23.1 Å². The van der Waals surface area contributed by atoms with Crippen molar-refractivity contribution in [3.63, 3.8) is 0 Å². The Morgan fingerprint density at radius 3 is 2.52 bits per heavy atom. The van der Waals surface area contributed by atoms with E-state index in [2.05, 4.69) is 40.6 Å². The summed E-state index contributed by atoms with van der Waals surface area (Å²) in [5.74, 6) is 0. The summed E-state index contributed by atoms with van der Waals surface area (Å²) in [7, 11) is -3.38. The third kappa shape index (κ3) is 3.66. The molecule has 5 rings (SSSR count). The molecule has 0 radical (unpaired) electrons. The van der Waals surface area contributed by atoms with Gasteiger partial charge in [-0.2, -0.15) is 4.31 Å². The number of nitrogens with zero attached hydrogens (tertiary/aromatic N) is 2. The van der Waals surface area contributed by atoms with Crippen LogP contribution in [-0.2, 0) is 23.0 Å². The maximum absolute atomic E-state index is 13.2. The highest BCUT2D eigenvalue weighted by atomic mass is 32.2. The van der Waals surface area contributed by atoms with Crippen LogP contribution in [-0.4, -0.2) is 43.8 Å². The van der Waals surface area contributed by atoms with Gasteiger partial charge in [0.2, 0.25) is 10.0 Å². The molecular formula is C23H24N2O2S2. The number of rotatable bonds is 4. The van der Waals surface area contributed by atoms with Crippen LogP contribution in [0.4, 0.5) is 0 Å². The van der Waals surface area contributed by atoms with Crippen molar-refractivity contribution in [2.24, 2.45) is 0 Å². The molecule has 150 valence electrons. The Bertz CT molecular complexity index is 1170. The second-order valence-corrected chi connectivity index (χ2v) is 10.6. The number of thiophene rings is 1. The van der Waals surface area contributed by atoms with Gasteiger partial charge in [0.25, 0.3) is 0 Å². The standard InChI is InChI=1S/C23H24N2O2S2/c26-29(27,21-10-9-18-5-1-2-6-19(18)15-21)25-13-11-24(12-14-25)16-20-17-28-23-8-4-3-7-22(20)23/h1-8,15,17H,9-14,16H2. The normalized spacial score (nSPS) is 18.6. The SMILES string of the molecule is O=S(=O)(C1=Cc2ccccc2CC1)N1CCN(Cc2csc3ccccc23)CC1. The molecule has 3 aromatic rings. The summed E-state index contributed by atoms with van der Waals surface area (Å²) in [6.07, 6.45) is 3.27. The molecule has 0 saturated carbocycles. The maximum atomic E-state index is 13.2. The minimum absolute atomic E-state index is 0.559. The summed E-state index contributed by atoms with van der Waals surface area (Å²) in [6, 6.07) is 16.6. The summed E-state index contributed by atoms with van der Waals surface area (Å²) in [6.45, 7) is 3.54.